The van der Waals surface area contributed by atoms with Crippen molar-refractivity contribution in [3.05, 3.63) is 74.4 Å². The van der Waals surface area contributed by atoms with Crippen LogP contribution in [0.5, 0.6) is 0 Å². The largest absolute Gasteiger partial charge is 0.408 e. The molecule has 1 heterocycles. The predicted octanol–water partition coefficient (Wildman–Crippen LogP) is 4.09. The highest BCUT2D eigenvalue weighted by molar-refractivity contribution is 6.31. The molecule has 0 aliphatic heterocycles. The first-order valence-electron chi connectivity index (χ1n) is 5.95. The van der Waals surface area contributed by atoms with Crippen LogP contribution in [0.4, 0.5) is 0 Å². The minimum Gasteiger partial charge on any atom is -0.408 e. The molecule has 3 rings (SSSR count). The maximum absolute atomic E-state index is 11.9. The number of aromatic nitrogens is 1. The third-order valence-corrected chi connectivity index (χ3v) is 3.39. The van der Waals surface area contributed by atoms with E-state index >= 15 is 0 Å². The maximum Gasteiger partial charge on any atom is 0.346 e. The number of hydrogen-bond acceptors (Lipinski definition) is 3. The van der Waals surface area contributed by atoms with Gasteiger partial charge in [-0.1, -0.05) is 35.3 Å². The van der Waals surface area contributed by atoms with Crippen molar-refractivity contribution >= 4 is 34.1 Å². The van der Waals surface area contributed by atoms with Crippen LogP contribution >= 0.6 is 23.2 Å². The fourth-order valence-electron chi connectivity index (χ4n) is 1.94. The van der Waals surface area contributed by atoms with E-state index in [2.05, 4.69) is 4.98 Å². The number of halogens is 2. The van der Waals surface area contributed by atoms with E-state index in [1.807, 2.05) is 12.1 Å². The van der Waals surface area contributed by atoms with Crippen molar-refractivity contribution in [2.75, 3.05) is 0 Å². The molecule has 0 bridgehead atoms. The molecule has 0 unspecified atom stereocenters. The van der Waals surface area contributed by atoms with Gasteiger partial charge in [-0.25, -0.2) is 9.78 Å². The van der Waals surface area contributed by atoms with Gasteiger partial charge in [-0.3, -0.25) is 0 Å². The van der Waals surface area contributed by atoms with Gasteiger partial charge in [-0.05, 0) is 35.9 Å². The highest BCUT2D eigenvalue weighted by Crippen LogP contribution is 2.17. The van der Waals surface area contributed by atoms with Crippen molar-refractivity contribution in [3.63, 3.8) is 0 Å². The summed E-state index contributed by atoms with van der Waals surface area (Å²) in [4.78, 5) is 16.2. The van der Waals surface area contributed by atoms with Gasteiger partial charge in [0, 0.05) is 16.5 Å². The van der Waals surface area contributed by atoms with Crippen LogP contribution in [0, 0.1) is 0 Å². The van der Waals surface area contributed by atoms with Gasteiger partial charge in [0.25, 0.3) is 0 Å². The Kier molecular flexibility index (Phi) is 3.47. The molecule has 0 amide bonds. The molecule has 3 nitrogen and oxygen atoms in total. The lowest BCUT2D eigenvalue weighted by atomic mass is 10.1. The molecule has 100 valence electrons. The zero-order chi connectivity index (χ0) is 14.1. The number of nitrogens with zero attached hydrogens (tertiary/aromatic N) is 1. The maximum atomic E-state index is 11.9. The lowest BCUT2D eigenvalue weighted by Crippen LogP contribution is -2.05. The number of rotatable bonds is 2. The average molecular weight is 306 g/mol. The van der Waals surface area contributed by atoms with Crippen LogP contribution in [0.15, 0.2) is 51.7 Å². The normalized spacial score (nSPS) is 10.9. The van der Waals surface area contributed by atoms with E-state index < -0.39 is 5.63 Å². The van der Waals surface area contributed by atoms with E-state index in [4.69, 9.17) is 27.6 Å². The summed E-state index contributed by atoms with van der Waals surface area (Å²) in [6, 6.07) is 12.3. The molecule has 20 heavy (non-hydrogen) atoms. The van der Waals surface area contributed by atoms with Gasteiger partial charge in [-0.2, -0.15) is 0 Å². The summed E-state index contributed by atoms with van der Waals surface area (Å²) in [6.07, 6.45) is 0.435. The molecule has 0 atom stereocenters. The molecule has 0 aliphatic carbocycles. The van der Waals surface area contributed by atoms with Gasteiger partial charge in [-0.15, -0.1) is 0 Å². The summed E-state index contributed by atoms with van der Waals surface area (Å²) >= 11 is 11.7. The lowest BCUT2D eigenvalue weighted by molar-refractivity contribution is 0.454. The number of benzene rings is 2. The Morgan fingerprint density at radius 3 is 2.45 bits per heavy atom. The zero-order valence-electron chi connectivity index (χ0n) is 10.3. The molecule has 0 N–H and O–H groups in total. The highest BCUT2D eigenvalue weighted by Gasteiger charge is 2.07. The molecular weight excluding hydrogens is 297 g/mol. The molecule has 0 aliphatic rings. The molecule has 0 fully saturated rings. The highest BCUT2D eigenvalue weighted by atomic mass is 35.5. The average Bonchev–Trinajstić information content (AvgIpc) is 2.42. The van der Waals surface area contributed by atoms with Gasteiger partial charge in [0.15, 0.2) is 0 Å². The van der Waals surface area contributed by atoms with Crippen molar-refractivity contribution in [1.29, 1.82) is 0 Å². The molecule has 5 heteroatoms. The second-order valence-corrected chi connectivity index (χ2v) is 5.23. The first-order chi connectivity index (χ1) is 9.61. The molecular formula is C15H9Cl2NO2. The van der Waals surface area contributed by atoms with Gasteiger partial charge >= 0.3 is 5.63 Å². The van der Waals surface area contributed by atoms with Crippen LogP contribution in [0.2, 0.25) is 10.0 Å². The number of hydrogen-bond donors (Lipinski definition) is 0. The van der Waals surface area contributed by atoms with E-state index in [1.165, 1.54) is 0 Å². The quantitative estimate of drug-likeness (QED) is 0.716. The third kappa shape index (κ3) is 2.69. The molecule has 0 saturated carbocycles. The van der Waals surface area contributed by atoms with Crippen LogP contribution in [-0.4, -0.2) is 4.98 Å². The Morgan fingerprint density at radius 1 is 1.00 bits per heavy atom. The lowest BCUT2D eigenvalue weighted by Gasteiger charge is -2.02. The molecule has 3 aromatic rings. The van der Waals surface area contributed by atoms with Gasteiger partial charge < -0.3 is 4.42 Å². The van der Waals surface area contributed by atoms with E-state index in [-0.39, 0.29) is 0 Å². The Morgan fingerprint density at radius 2 is 1.70 bits per heavy atom. The molecule has 2 aromatic carbocycles. The number of fused-ring (bicyclic) bond motifs is 1. The fourth-order valence-corrected chi connectivity index (χ4v) is 2.24. The van der Waals surface area contributed by atoms with Crippen LogP contribution in [0.3, 0.4) is 0 Å². The van der Waals surface area contributed by atoms with Crippen molar-refractivity contribution in [2.45, 2.75) is 6.42 Å². The monoisotopic (exact) mass is 305 g/mol. The summed E-state index contributed by atoms with van der Waals surface area (Å²) in [7, 11) is 0. The first-order valence-corrected chi connectivity index (χ1v) is 6.71. The zero-order valence-corrected chi connectivity index (χ0v) is 11.8. The van der Waals surface area contributed by atoms with E-state index in [9.17, 15) is 4.79 Å². The fraction of sp³-hybridized carbons (Fsp3) is 0.0667. The predicted molar refractivity (Wildman–Crippen MR) is 79.5 cm³/mol. The second kappa shape index (κ2) is 5.27. The topological polar surface area (TPSA) is 43.1 Å². The summed E-state index contributed by atoms with van der Waals surface area (Å²) in [5.41, 5.74) is 1.12. The Hall–Kier alpha value is -1.84. The summed E-state index contributed by atoms with van der Waals surface area (Å²) < 4.78 is 5.22. The van der Waals surface area contributed by atoms with Gasteiger partial charge in [0.05, 0.1) is 10.9 Å². The summed E-state index contributed by atoms with van der Waals surface area (Å²) in [5, 5.41) is 1.53. The van der Waals surface area contributed by atoms with Crippen LogP contribution in [0.1, 0.15) is 11.5 Å². The SMILES string of the molecule is O=c1oc(Cc2ccc(Cl)cc2)nc2ccc(Cl)cc12. The Labute approximate surface area is 124 Å². The standard InChI is InChI=1S/C15H9Cl2NO2/c16-10-3-1-9(2-4-10)7-14-18-13-6-5-11(17)8-12(13)15(19)20-14/h1-6,8H,7H2. The van der Waals surface area contributed by atoms with Gasteiger partial charge in [0.2, 0.25) is 5.89 Å². The van der Waals surface area contributed by atoms with Crippen molar-refractivity contribution in [1.82, 2.24) is 4.98 Å². The van der Waals surface area contributed by atoms with E-state index in [0.717, 1.165) is 5.56 Å². The summed E-state index contributed by atoms with van der Waals surface area (Å²) in [5.74, 6) is 0.368. The molecule has 0 radical (unpaired) electrons. The van der Waals surface area contributed by atoms with Crippen LogP contribution < -0.4 is 5.63 Å². The second-order valence-electron chi connectivity index (χ2n) is 4.36. The third-order valence-electron chi connectivity index (χ3n) is 2.90. The minimum absolute atomic E-state index is 0.368. The Balaban J connectivity index is 2.02. The van der Waals surface area contributed by atoms with Crippen molar-refractivity contribution in [3.8, 4) is 0 Å². The van der Waals surface area contributed by atoms with Crippen molar-refractivity contribution in [2.24, 2.45) is 0 Å². The molecule has 0 saturated heterocycles. The van der Waals surface area contributed by atoms with Crippen molar-refractivity contribution < 1.29 is 4.42 Å². The van der Waals surface area contributed by atoms with E-state index in [1.54, 1.807) is 30.3 Å². The molecule has 1 aromatic heterocycles. The minimum atomic E-state index is -0.429. The Bertz CT molecular complexity index is 825. The summed E-state index contributed by atoms with van der Waals surface area (Å²) in [6.45, 7) is 0. The van der Waals surface area contributed by atoms with Crippen LogP contribution in [-0.2, 0) is 6.42 Å². The van der Waals surface area contributed by atoms with Crippen LogP contribution in [0.25, 0.3) is 10.9 Å². The smallest absolute Gasteiger partial charge is 0.346 e. The first kappa shape index (κ1) is 13.2. The van der Waals surface area contributed by atoms with Gasteiger partial charge in [0.1, 0.15) is 0 Å². The molecule has 0 spiro atoms. The van der Waals surface area contributed by atoms with E-state index in [0.29, 0.717) is 33.3 Å².